The number of rotatable bonds is 10. The van der Waals surface area contributed by atoms with E-state index in [2.05, 4.69) is 4.98 Å². The standard InChI is InChI=1S/C28H23ClF3NO5S/c1-17-25(39-24(33-17)19-7-10-22(29)11-8-19)37-14-13-20-15-21(27(36,26(34)35)28(30,31)32)9-12-23(20)38-16-18-5-3-2-4-6-18/h2-12,15,36H,13-14,16H2,1H3,(H,34,35). The van der Waals surface area contributed by atoms with Crippen LogP contribution in [-0.4, -0.2) is 33.9 Å². The van der Waals surface area contributed by atoms with E-state index in [1.54, 1.807) is 19.1 Å². The van der Waals surface area contributed by atoms with Crippen molar-refractivity contribution in [2.45, 2.75) is 31.7 Å². The number of aryl methyl sites for hydroxylation is 1. The maximum Gasteiger partial charge on any atom is 0.432 e. The summed E-state index contributed by atoms with van der Waals surface area (Å²) in [7, 11) is 0. The lowest BCUT2D eigenvalue weighted by Gasteiger charge is -2.27. The number of aromatic nitrogens is 1. The predicted octanol–water partition coefficient (Wildman–Crippen LogP) is 6.81. The van der Waals surface area contributed by atoms with Crippen molar-refractivity contribution < 1.29 is 37.7 Å². The van der Waals surface area contributed by atoms with E-state index in [0.717, 1.165) is 23.3 Å². The molecule has 0 saturated carbocycles. The van der Waals surface area contributed by atoms with Gasteiger partial charge in [-0.25, -0.2) is 9.78 Å². The van der Waals surface area contributed by atoms with Crippen LogP contribution in [-0.2, 0) is 23.4 Å². The van der Waals surface area contributed by atoms with Crippen LogP contribution in [0.1, 0.15) is 22.4 Å². The fourth-order valence-electron chi connectivity index (χ4n) is 3.77. The average Bonchev–Trinajstić information content (AvgIpc) is 3.27. The lowest BCUT2D eigenvalue weighted by molar-refractivity contribution is -0.265. The minimum atomic E-state index is -5.45. The molecular formula is C28H23ClF3NO5S. The Morgan fingerprint density at radius 2 is 1.72 bits per heavy atom. The summed E-state index contributed by atoms with van der Waals surface area (Å²) in [5.74, 6) is -2.19. The molecule has 4 rings (SSSR count). The molecule has 3 aromatic carbocycles. The Morgan fingerprint density at radius 1 is 1.03 bits per heavy atom. The van der Waals surface area contributed by atoms with Gasteiger partial charge in [-0.05, 0) is 42.3 Å². The van der Waals surface area contributed by atoms with Crippen LogP contribution in [0.5, 0.6) is 10.8 Å². The number of carbonyl (C=O) groups is 1. The van der Waals surface area contributed by atoms with Gasteiger partial charge in [0.1, 0.15) is 17.4 Å². The molecule has 204 valence electrons. The van der Waals surface area contributed by atoms with Crippen LogP contribution >= 0.6 is 22.9 Å². The molecule has 0 amide bonds. The highest BCUT2D eigenvalue weighted by atomic mass is 35.5. The van der Waals surface area contributed by atoms with E-state index >= 15 is 0 Å². The number of thiazole rings is 1. The van der Waals surface area contributed by atoms with Crippen molar-refractivity contribution in [3.63, 3.8) is 0 Å². The van der Waals surface area contributed by atoms with Gasteiger partial charge >= 0.3 is 12.1 Å². The third kappa shape index (κ3) is 6.35. The molecule has 1 unspecified atom stereocenters. The fraction of sp³-hybridized carbons (Fsp3) is 0.214. The monoisotopic (exact) mass is 577 g/mol. The number of halogens is 4. The van der Waals surface area contributed by atoms with Crippen LogP contribution in [0.2, 0.25) is 5.02 Å². The van der Waals surface area contributed by atoms with Gasteiger partial charge in [-0.3, -0.25) is 0 Å². The summed E-state index contributed by atoms with van der Waals surface area (Å²) < 4.78 is 52.6. The molecule has 0 spiro atoms. The summed E-state index contributed by atoms with van der Waals surface area (Å²) in [6, 6.07) is 19.4. The highest BCUT2D eigenvalue weighted by Gasteiger charge is 2.61. The Hall–Kier alpha value is -3.60. The molecule has 11 heteroatoms. The SMILES string of the molecule is Cc1nc(-c2ccc(Cl)cc2)sc1OCCc1cc(C(O)(C(=O)O)C(F)(F)F)ccc1OCc1ccccc1. The first-order chi connectivity index (χ1) is 18.5. The number of aliphatic carboxylic acids is 1. The summed E-state index contributed by atoms with van der Waals surface area (Å²) in [5.41, 5.74) is -2.35. The Labute approximate surface area is 231 Å². The minimum absolute atomic E-state index is 0.0335. The van der Waals surface area contributed by atoms with Gasteiger partial charge in [-0.15, -0.1) is 0 Å². The molecule has 1 heterocycles. The molecule has 0 saturated heterocycles. The Kier molecular flexibility index (Phi) is 8.48. The normalized spacial score (nSPS) is 13.1. The fourth-order valence-corrected chi connectivity index (χ4v) is 4.84. The van der Waals surface area contributed by atoms with E-state index in [0.29, 0.717) is 20.8 Å². The van der Waals surface area contributed by atoms with Crippen molar-refractivity contribution in [3.8, 4) is 21.4 Å². The topological polar surface area (TPSA) is 88.9 Å². The Morgan fingerprint density at radius 3 is 2.36 bits per heavy atom. The lowest BCUT2D eigenvalue weighted by atomic mass is 9.91. The third-order valence-corrected chi connectivity index (χ3v) is 7.26. The number of carboxylic acids is 1. The van der Waals surface area contributed by atoms with Crippen molar-refractivity contribution in [3.05, 3.63) is 100 Å². The molecule has 6 nitrogen and oxygen atoms in total. The maximum atomic E-state index is 13.6. The van der Waals surface area contributed by atoms with Crippen LogP contribution in [0.15, 0.2) is 72.8 Å². The van der Waals surface area contributed by atoms with E-state index in [1.807, 2.05) is 42.5 Å². The molecule has 1 aromatic heterocycles. The van der Waals surface area contributed by atoms with Gasteiger partial charge in [-0.2, -0.15) is 13.2 Å². The lowest BCUT2D eigenvalue weighted by Crippen LogP contribution is -2.49. The smallest absolute Gasteiger partial charge is 0.432 e. The van der Waals surface area contributed by atoms with Crippen molar-refractivity contribution in [2.24, 2.45) is 0 Å². The van der Waals surface area contributed by atoms with Crippen LogP contribution in [0, 0.1) is 6.92 Å². The molecule has 0 fully saturated rings. The van der Waals surface area contributed by atoms with Crippen molar-refractivity contribution in [2.75, 3.05) is 6.61 Å². The van der Waals surface area contributed by atoms with Gasteiger partial charge in [0.2, 0.25) is 0 Å². The molecule has 0 aliphatic rings. The van der Waals surface area contributed by atoms with Gasteiger partial charge in [0.25, 0.3) is 5.60 Å². The molecule has 0 aliphatic carbocycles. The van der Waals surface area contributed by atoms with Gasteiger partial charge < -0.3 is 19.7 Å². The second-order valence-corrected chi connectivity index (χ2v) is 10.0. The zero-order valence-electron chi connectivity index (χ0n) is 20.5. The molecule has 4 aromatic rings. The molecule has 1 atom stereocenters. The summed E-state index contributed by atoms with van der Waals surface area (Å²) in [6.45, 7) is 1.94. The van der Waals surface area contributed by atoms with Gasteiger partial charge in [-0.1, -0.05) is 71.5 Å². The van der Waals surface area contributed by atoms with E-state index < -0.39 is 23.3 Å². The number of benzene rings is 3. The summed E-state index contributed by atoms with van der Waals surface area (Å²) >= 11 is 7.26. The van der Waals surface area contributed by atoms with Crippen LogP contribution in [0.4, 0.5) is 13.2 Å². The highest BCUT2D eigenvalue weighted by molar-refractivity contribution is 7.17. The number of hydrogen-bond donors (Lipinski definition) is 2. The second-order valence-electron chi connectivity index (χ2n) is 8.61. The molecular weight excluding hydrogens is 555 g/mol. The zero-order chi connectivity index (χ0) is 28.2. The van der Waals surface area contributed by atoms with Gasteiger partial charge in [0.05, 0.1) is 12.3 Å². The van der Waals surface area contributed by atoms with Crippen LogP contribution in [0.25, 0.3) is 10.6 Å². The average molecular weight is 578 g/mol. The first kappa shape index (κ1) is 28.4. The summed E-state index contributed by atoms with van der Waals surface area (Å²) in [4.78, 5) is 16.0. The first-order valence-corrected chi connectivity index (χ1v) is 12.9. The number of aliphatic hydroxyl groups is 1. The van der Waals surface area contributed by atoms with E-state index in [-0.39, 0.29) is 30.9 Å². The maximum absolute atomic E-state index is 13.6. The Balaban J connectivity index is 1.57. The number of carboxylic acid groups (broad SMARTS) is 1. The zero-order valence-corrected chi connectivity index (χ0v) is 22.1. The minimum Gasteiger partial charge on any atom is -0.489 e. The number of hydrogen-bond acceptors (Lipinski definition) is 6. The largest absolute Gasteiger partial charge is 0.489 e. The van der Waals surface area contributed by atoms with Crippen LogP contribution in [0.3, 0.4) is 0 Å². The quantitative estimate of drug-likeness (QED) is 0.215. The third-order valence-electron chi connectivity index (χ3n) is 5.88. The number of nitrogens with zero attached hydrogens (tertiary/aromatic N) is 1. The number of alkyl halides is 3. The van der Waals surface area contributed by atoms with E-state index in [1.165, 1.54) is 17.4 Å². The van der Waals surface area contributed by atoms with Crippen molar-refractivity contribution in [1.29, 1.82) is 0 Å². The predicted molar refractivity (Wildman–Crippen MR) is 141 cm³/mol. The van der Waals surface area contributed by atoms with Crippen LogP contribution < -0.4 is 9.47 Å². The van der Waals surface area contributed by atoms with E-state index in [4.69, 9.17) is 21.1 Å². The van der Waals surface area contributed by atoms with Crippen molar-refractivity contribution in [1.82, 2.24) is 4.98 Å². The number of ether oxygens (including phenoxy) is 2. The first-order valence-electron chi connectivity index (χ1n) is 11.7. The van der Waals surface area contributed by atoms with E-state index in [9.17, 15) is 28.2 Å². The molecule has 0 aliphatic heterocycles. The highest BCUT2D eigenvalue weighted by Crippen LogP contribution is 2.41. The second kappa shape index (κ2) is 11.6. The van der Waals surface area contributed by atoms with Gasteiger partial charge in [0, 0.05) is 22.6 Å². The summed E-state index contributed by atoms with van der Waals surface area (Å²) in [5, 5.41) is 21.3. The molecule has 39 heavy (non-hydrogen) atoms. The molecule has 0 radical (unpaired) electrons. The molecule has 0 bridgehead atoms. The summed E-state index contributed by atoms with van der Waals surface area (Å²) in [6.07, 6.45) is -5.38. The van der Waals surface area contributed by atoms with Gasteiger partial charge in [0.15, 0.2) is 5.06 Å². The van der Waals surface area contributed by atoms with Crippen molar-refractivity contribution >= 4 is 28.9 Å². The Bertz CT molecular complexity index is 1440. The molecule has 2 N–H and O–H groups in total.